The topological polar surface area (TPSA) is 55.1 Å². The van der Waals surface area contributed by atoms with Gasteiger partial charge in [-0.1, -0.05) is 28.9 Å². The first-order valence-corrected chi connectivity index (χ1v) is 6.11. The molecule has 0 radical (unpaired) electrons. The maximum Gasteiger partial charge on any atom is 0.252 e. The molecule has 0 spiro atoms. The van der Waals surface area contributed by atoms with E-state index in [0.29, 0.717) is 22.2 Å². The van der Waals surface area contributed by atoms with Crippen LogP contribution in [-0.2, 0) is 4.79 Å². The van der Waals surface area contributed by atoms with E-state index in [0.717, 1.165) is 5.56 Å². The summed E-state index contributed by atoms with van der Waals surface area (Å²) in [6.45, 7) is 3.50. The molecule has 98 valence electrons. The van der Waals surface area contributed by atoms with Crippen LogP contribution in [0.5, 0.6) is 0 Å². The van der Waals surface area contributed by atoms with Crippen LogP contribution in [0.15, 0.2) is 40.4 Å². The van der Waals surface area contributed by atoms with Gasteiger partial charge in [-0.05, 0) is 37.6 Å². The molecule has 0 aliphatic heterocycles. The van der Waals surface area contributed by atoms with Crippen molar-refractivity contribution in [3.05, 3.63) is 52.3 Å². The van der Waals surface area contributed by atoms with Crippen molar-refractivity contribution in [3.63, 3.8) is 0 Å². The zero-order valence-corrected chi connectivity index (χ0v) is 11.4. The lowest BCUT2D eigenvalue weighted by atomic mass is 10.1. The van der Waals surface area contributed by atoms with Gasteiger partial charge in [-0.2, -0.15) is 0 Å². The summed E-state index contributed by atoms with van der Waals surface area (Å²) in [5.41, 5.74) is 1.48. The standard InChI is InChI=1S/C14H13ClN2O2/c1-9(7-11-3-5-12(15)6-4-11)14(18)16-13-8-10(2)19-17-13/h3-8H,1-2H3,(H,16,17,18)/b9-7+. The Morgan fingerprint density at radius 1 is 1.37 bits per heavy atom. The van der Waals surface area contributed by atoms with Gasteiger partial charge < -0.3 is 9.84 Å². The molecule has 0 fully saturated rings. The molecule has 0 bridgehead atoms. The maximum absolute atomic E-state index is 11.9. The smallest absolute Gasteiger partial charge is 0.252 e. The summed E-state index contributed by atoms with van der Waals surface area (Å²) in [5.74, 6) is 0.837. The van der Waals surface area contributed by atoms with E-state index in [1.807, 2.05) is 12.1 Å². The zero-order chi connectivity index (χ0) is 13.8. The number of hydrogen-bond acceptors (Lipinski definition) is 3. The highest BCUT2D eigenvalue weighted by Gasteiger charge is 2.07. The fourth-order valence-electron chi connectivity index (χ4n) is 1.51. The number of carbonyl (C=O) groups excluding carboxylic acids is 1. The van der Waals surface area contributed by atoms with Crippen LogP contribution in [-0.4, -0.2) is 11.1 Å². The molecule has 2 aromatic rings. The average molecular weight is 277 g/mol. The van der Waals surface area contributed by atoms with E-state index in [1.165, 1.54) is 0 Å². The molecule has 1 aromatic carbocycles. The fraction of sp³-hybridized carbons (Fsp3) is 0.143. The highest BCUT2D eigenvalue weighted by Crippen LogP contribution is 2.14. The number of nitrogens with one attached hydrogen (secondary N) is 1. The lowest BCUT2D eigenvalue weighted by Crippen LogP contribution is -2.12. The summed E-state index contributed by atoms with van der Waals surface area (Å²) in [5, 5.41) is 7.03. The van der Waals surface area contributed by atoms with E-state index < -0.39 is 0 Å². The summed E-state index contributed by atoms with van der Waals surface area (Å²) in [4.78, 5) is 11.9. The number of benzene rings is 1. The van der Waals surface area contributed by atoms with Gasteiger partial charge in [0, 0.05) is 16.7 Å². The van der Waals surface area contributed by atoms with Crippen LogP contribution >= 0.6 is 11.6 Å². The van der Waals surface area contributed by atoms with Gasteiger partial charge >= 0.3 is 0 Å². The minimum Gasteiger partial charge on any atom is -0.360 e. The Labute approximate surface area is 116 Å². The number of aryl methyl sites for hydroxylation is 1. The molecule has 0 unspecified atom stereocenters. The van der Waals surface area contributed by atoms with Crippen molar-refractivity contribution < 1.29 is 9.32 Å². The van der Waals surface area contributed by atoms with Crippen LogP contribution in [0, 0.1) is 6.92 Å². The van der Waals surface area contributed by atoms with Crippen molar-refractivity contribution in [2.45, 2.75) is 13.8 Å². The van der Waals surface area contributed by atoms with E-state index in [-0.39, 0.29) is 5.91 Å². The number of carbonyl (C=O) groups is 1. The zero-order valence-electron chi connectivity index (χ0n) is 10.6. The molecule has 1 heterocycles. The number of nitrogens with zero attached hydrogens (tertiary/aromatic N) is 1. The highest BCUT2D eigenvalue weighted by atomic mass is 35.5. The molecule has 0 atom stereocenters. The third kappa shape index (κ3) is 3.69. The van der Waals surface area contributed by atoms with Gasteiger partial charge in [-0.15, -0.1) is 0 Å². The Morgan fingerprint density at radius 2 is 2.05 bits per heavy atom. The highest BCUT2D eigenvalue weighted by molar-refractivity contribution is 6.30. The number of halogens is 1. The number of aromatic nitrogens is 1. The Bertz CT molecular complexity index is 615. The second-order valence-electron chi connectivity index (χ2n) is 4.16. The lowest BCUT2D eigenvalue weighted by molar-refractivity contribution is -0.112. The summed E-state index contributed by atoms with van der Waals surface area (Å²) in [7, 11) is 0. The number of anilines is 1. The van der Waals surface area contributed by atoms with Gasteiger partial charge in [0.2, 0.25) is 0 Å². The molecule has 0 aliphatic rings. The van der Waals surface area contributed by atoms with Crippen LogP contribution in [0.2, 0.25) is 5.02 Å². The lowest BCUT2D eigenvalue weighted by Gasteiger charge is -2.01. The third-order valence-corrected chi connectivity index (χ3v) is 2.73. The Balaban J connectivity index is 2.08. The summed E-state index contributed by atoms with van der Waals surface area (Å²) < 4.78 is 4.88. The predicted octanol–water partition coefficient (Wildman–Crippen LogP) is 3.68. The molecular weight excluding hydrogens is 264 g/mol. The van der Waals surface area contributed by atoms with Crippen molar-refractivity contribution >= 4 is 29.4 Å². The number of rotatable bonds is 3. The molecule has 2 rings (SSSR count). The minimum absolute atomic E-state index is 0.219. The van der Waals surface area contributed by atoms with E-state index in [2.05, 4.69) is 10.5 Å². The van der Waals surface area contributed by atoms with Crippen LogP contribution in [0.4, 0.5) is 5.82 Å². The van der Waals surface area contributed by atoms with Gasteiger partial charge in [0.1, 0.15) is 5.76 Å². The average Bonchev–Trinajstić information content (AvgIpc) is 2.77. The monoisotopic (exact) mass is 276 g/mol. The van der Waals surface area contributed by atoms with Crippen LogP contribution < -0.4 is 5.32 Å². The molecule has 0 saturated carbocycles. The van der Waals surface area contributed by atoms with Crippen LogP contribution in [0.25, 0.3) is 6.08 Å². The SMILES string of the molecule is C/C(=C\c1ccc(Cl)cc1)C(=O)Nc1cc(C)on1. The second-order valence-corrected chi connectivity index (χ2v) is 4.59. The normalized spacial score (nSPS) is 11.4. The fourth-order valence-corrected chi connectivity index (χ4v) is 1.64. The van der Waals surface area contributed by atoms with Gasteiger partial charge in [0.05, 0.1) is 0 Å². The van der Waals surface area contributed by atoms with Crippen molar-refractivity contribution in [2.75, 3.05) is 5.32 Å². The molecule has 19 heavy (non-hydrogen) atoms. The summed E-state index contributed by atoms with van der Waals surface area (Å²) in [6, 6.07) is 8.91. The van der Waals surface area contributed by atoms with Crippen LogP contribution in [0.3, 0.4) is 0 Å². The van der Waals surface area contributed by atoms with Crippen LogP contribution in [0.1, 0.15) is 18.2 Å². The van der Waals surface area contributed by atoms with Gasteiger partial charge in [0.15, 0.2) is 5.82 Å². The molecule has 0 saturated heterocycles. The summed E-state index contributed by atoms with van der Waals surface area (Å²) >= 11 is 5.80. The van der Waals surface area contributed by atoms with E-state index in [1.54, 1.807) is 38.1 Å². The Morgan fingerprint density at radius 3 is 2.63 bits per heavy atom. The molecule has 0 aliphatic carbocycles. The van der Waals surface area contributed by atoms with E-state index >= 15 is 0 Å². The Hall–Kier alpha value is -2.07. The molecule has 5 heteroatoms. The molecule has 4 nitrogen and oxygen atoms in total. The molecular formula is C14H13ClN2O2. The predicted molar refractivity (Wildman–Crippen MR) is 75.0 cm³/mol. The quantitative estimate of drug-likeness (QED) is 0.870. The largest absolute Gasteiger partial charge is 0.360 e. The number of amides is 1. The van der Waals surface area contributed by atoms with Gasteiger partial charge in [-0.3, -0.25) is 4.79 Å². The van der Waals surface area contributed by atoms with Gasteiger partial charge in [0.25, 0.3) is 5.91 Å². The first kappa shape index (κ1) is 13.4. The molecule has 1 amide bonds. The third-order valence-electron chi connectivity index (χ3n) is 2.48. The second kappa shape index (κ2) is 5.71. The van der Waals surface area contributed by atoms with Crippen molar-refractivity contribution in [3.8, 4) is 0 Å². The van der Waals surface area contributed by atoms with Crippen molar-refractivity contribution in [2.24, 2.45) is 0 Å². The van der Waals surface area contributed by atoms with E-state index in [4.69, 9.17) is 16.1 Å². The first-order valence-electron chi connectivity index (χ1n) is 5.73. The summed E-state index contributed by atoms with van der Waals surface area (Å²) in [6.07, 6.45) is 1.78. The Kier molecular flexibility index (Phi) is 4.02. The minimum atomic E-state index is -0.219. The maximum atomic E-state index is 11.9. The molecule has 1 aromatic heterocycles. The van der Waals surface area contributed by atoms with Gasteiger partial charge in [-0.25, -0.2) is 0 Å². The van der Waals surface area contributed by atoms with Crippen molar-refractivity contribution in [1.29, 1.82) is 0 Å². The van der Waals surface area contributed by atoms with Crippen molar-refractivity contribution in [1.82, 2.24) is 5.16 Å². The van der Waals surface area contributed by atoms with E-state index in [9.17, 15) is 4.79 Å². The molecule has 1 N–H and O–H groups in total. The first-order chi connectivity index (χ1) is 9.04. The number of hydrogen-bond donors (Lipinski definition) is 1.